The van der Waals surface area contributed by atoms with Gasteiger partial charge in [-0.2, -0.15) is 5.10 Å². The van der Waals surface area contributed by atoms with Crippen LogP contribution in [-0.4, -0.2) is 29.1 Å². The van der Waals surface area contributed by atoms with Gasteiger partial charge in [0.1, 0.15) is 11.6 Å². The number of rotatable bonds is 5. The number of methoxy groups -OCH3 is 1. The number of anilines is 2. The number of halogens is 1. The number of H-pyrrole nitrogens is 1. The highest BCUT2D eigenvalue weighted by molar-refractivity contribution is 6.08. The molecule has 1 heterocycles. The fourth-order valence-corrected chi connectivity index (χ4v) is 2.57. The lowest BCUT2D eigenvalue weighted by Gasteiger charge is -2.12. The van der Waals surface area contributed by atoms with Crippen LogP contribution in [0.5, 0.6) is 5.75 Å². The van der Waals surface area contributed by atoms with E-state index in [1.807, 2.05) is 0 Å². The van der Waals surface area contributed by atoms with E-state index in [2.05, 4.69) is 20.8 Å². The zero-order valence-corrected chi connectivity index (χ0v) is 14.7. The van der Waals surface area contributed by atoms with Crippen LogP contribution in [0.25, 0.3) is 11.3 Å². The summed E-state index contributed by atoms with van der Waals surface area (Å²) < 4.78 is 18.3. The third kappa shape index (κ3) is 4.12. The molecule has 8 heteroatoms. The highest BCUT2D eigenvalue weighted by Gasteiger charge is 2.16. The van der Waals surface area contributed by atoms with E-state index in [-0.39, 0.29) is 11.7 Å². The first kappa shape index (κ1) is 18.1. The van der Waals surface area contributed by atoms with Gasteiger partial charge < -0.3 is 15.4 Å². The Kier molecular flexibility index (Phi) is 5.16. The summed E-state index contributed by atoms with van der Waals surface area (Å²) in [6.45, 7) is 1.38. The predicted molar refractivity (Wildman–Crippen MR) is 99.2 cm³/mol. The van der Waals surface area contributed by atoms with E-state index in [1.165, 1.54) is 32.4 Å². The number of nitrogens with one attached hydrogen (secondary N) is 3. The molecule has 0 aliphatic carbocycles. The monoisotopic (exact) mass is 368 g/mol. The lowest BCUT2D eigenvalue weighted by atomic mass is 10.1. The third-order valence-electron chi connectivity index (χ3n) is 3.78. The summed E-state index contributed by atoms with van der Waals surface area (Å²) in [4.78, 5) is 24.0. The van der Waals surface area contributed by atoms with Crippen molar-refractivity contribution in [1.29, 1.82) is 0 Å². The molecule has 1 aromatic heterocycles. The Balaban J connectivity index is 1.85. The first-order chi connectivity index (χ1) is 13.0. The van der Waals surface area contributed by atoms with Crippen molar-refractivity contribution in [3.63, 3.8) is 0 Å². The molecule has 7 nitrogen and oxygen atoms in total. The molecule has 0 atom stereocenters. The minimum Gasteiger partial charge on any atom is -0.495 e. The molecule has 0 saturated carbocycles. The van der Waals surface area contributed by atoms with Gasteiger partial charge in [-0.1, -0.05) is 0 Å². The normalized spacial score (nSPS) is 10.3. The van der Waals surface area contributed by atoms with Gasteiger partial charge in [0.15, 0.2) is 0 Å². The van der Waals surface area contributed by atoms with E-state index in [0.717, 1.165) is 0 Å². The van der Waals surface area contributed by atoms with Crippen molar-refractivity contribution >= 4 is 23.2 Å². The average molecular weight is 368 g/mol. The lowest BCUT2D eigenvalue weighted by molar-refractivity contribution is -0.114. The van der Waals surface area contributed by atoms with E-state index in [1.54, 1.807) is 30.3 Å². The maximum atomic E-state index is 13.1. The van der Waals surface area contributed by atoms with Crippen LogP contribution in [0.3, 0.4) is 0 Å². The molecule has 2 aromatic carbocycles. The van der Waals surface area contributed by atoms with Crippen LogP contribution in [0.2, 0.25) is 0 Å². The number of hydrogen-bond acceptors (Lipinski definition) is 4. The molecule has 0 spiro atoms. The molecule has 2 amide bonds. The van der Waals surface area contributed by atoms with Gasteiger partial charge in [0.25, 0.3) is 5.91 Å². The third-order valence-corrected chi connectivity index (χ3v) is 3.78. The van der Waals surface area contributed by atoms with Crippen molar-refractivity contribution in [2.24, 2.45) is 0 Å². The van der Waals surface area contributed by atoms with Crippen molar-refractivity contribution in [3.8, 4) is 17.0 Å². The number of ether oxygens (including phenoxy) is 1. The number of amides is 2. The van der Waals surface area contributed by atoms with Crippen LogP contribution in [-0.2, 0) is 4.79 Å². The fraction of sp³-hybridized carbons (Fsp3) is 0.105. The summed E-state index contributed by atoms with van der Waals surface area (Å²) in [5, 5.41) is 12.1. The highest BCUT2D eigenvalue weighted by atomic mass is 19.1. The second-order valence-electron chi connectivity index (χ2n) is 5.72. The number of carbonyl (C=O) groups is 2. The number of aromatic nitrogens is 2. The molecular formula is C19H17FN4O3. The van der Waals surface area contributed by atoms with Gasteiger partial charge in [-0.05, 0) is 42.5 Å². The largest absolute Gasteiger partial charge is 0.495 e. The molecule has 3 rings (SSSR count). The SMILES string of the molecule is COc1ccc(NC(=O)c2cn[nH]c2-c2ccc(F)cc2)cc1NC(C)=O. The molecule has 0 saturated heterocycles. The van der Waals surface area contributed by atoms with Gasteiger partial charge >= 0.3 is 0 Å². The first-order valence-electron chi connectivity index (χ1n) is 8.04. The van der Waals surface area contributed by atoms with Crippen molar-refractivity contribution in [2.75, 3.05) is 17.7 Å². The predicted octanol–water partition coefficient (Wildman–Crippen LogP) is 3.44. The van der Waals surface area contributed by atoms with E-state index >= 15 is 0 Å². The first-order valence-corrected chi connectivity index (χ1v) is 8.04. The number of carbonyl (C=O) groups excluding carboxylic acids is 2. The van der Waals surface area contributed by atoms with Gasteiger partial charge in [-0.15, -0.1) is 0 Å². The molecule has 0 aliphatic heterocycles. The van der Waals surface area contributed by atoms with Crippen LogP contribution in [0.4, 0.5) is 15.8 Å². The zero-order chi connectivity index (χ0) is 19.4. The van der Waals surface area contributed by atoms with Crippen LogP contribution >= 0.6 is 0 Å². The van der Waals surface area contributed by atoms with Crippen LogP contribution < -0.4 is 15.4 Å². The van der Waals surface area contributed by atoms with Crippen molar-refractivity contribution in [3.05, 3.63) is 60.0 Å². The minimum absolute atomic E-state index is 0.259. The van der Waals surface area contributed by atoms with Gasteiger partial charge in [0, 0.05) is 18.2 Å². The van der Waals surface area contributed by atoms with Crippen molar-refractivity contribution in [1.82, 2.24) is 10.2 Å². The maximum absolute atomic E-state index is 13.1. The van der Waals surface area contributed by atoms with Gasteiger partial charge in [0.05, 0.1) is 30.3 Å². The molecule has 0 aliphatic rings. The average Bonchev–Trinajstić information content (AvgIpc) is 3.12. The Hall–Kier alpha value is -3.68. The number of nitrogens with zero attached hydrogens (tertiary/aromatic N) is 1. The molecular weight excluding hydrogens is 351 g/mol. The lowest BCUT2D eigenvalue weighted by Crippen LogP contribution is -2.13. The summed E-state index contributed by atoms with van der Waals surface area (Å²) in [7, 11) is 1.49. The summed E-state index contributed by atoms with van der Waals surface area (Å²) >= 11 is 0. The summed E-state index contributed by atoms with van der Waals surface area (Å²) in [5.74, 6) is -0.557. The Morgan fingerprint density at radius 2 is 1.85 bits per heavy atom. The van der Waals surface area contributed by atoms with Gasteiger partial charge in [-0.25, -0.2) is 4.39 Å². The Morgan fingerprint density at radius 1 is 1.11 bits per heavy atom. The maximum Gasteiger partial charge on any atom is 0.259 e. The molecule has 3 aromatic rings. The van der Waals surface area contributed by atoms with E-state index in [4.69, 9.17) is 4.74 Å². The van der Waals surface area contributed by atoms with E-state index in [9.17, 15) is 14.0 Å². The van der Waals surface area contributed by atoms with Gasteiger partial charge in [0.2, 0.25) is 5.91 Å². The summed E-state index contributed by atoms with van der Waals surface area (Å²) in [5.41, 5.74) is 2.32. The van der Waals surface area contributed by atoms with Crippen LogP contribution in [0.1, 0.15) is 17.3 Å². The van der Waals surface area contributed by atoms with Crippen molar-refractivity contribution < 1.29 is 18.7 Å². The second kappa shape index (κ2) is 7.69. The minimum atomic E-state index is -0.401. The molecule has 0 fully saturated rings. The Morgan fingerprint density at radius 3 is 2.52 bits per heavy atom. The van der Waals surface area contributed by atoms with Crippen LogP contribution in [0, 0.1) is 5.82 Å². The Labute approximate surface area is 154 Å². The molecule has 27 heavy (non-hydrogen) atoms. The molecule has 3 N–H and O–H groups in total. The highest BCUT2D eigenvalue weighted by Crippen LogP contribution is 2.29. The van der Waals surface area contributed by atoms with E-state index in [0.29, 0.717) is 33.9 Å². The Bertz CT molecular complexity index is 983. The summed E-state index contributed by atoms with van der Waals surface area (Å²) in [6.07, 6.45) is 1.40. The topological polar surface area (TPSA) is 96.1 Å². The van der Waals surface area contributed by atoms with Crippen molar-refractivity contribution in [2.45, 2.75) is 6.92 Å². The smallest absolute Gasteiger partial charge is 0.259 e. The van der Waals surface area contributed by atoms with Gasteiger partial charge in [-0.3, -0.25) is 14.7 Å². The fourth-order valence-electron chi connectivity index (χ4n) is 2.57. The summed E-state index contributed by atoms with van der Waals surface area (Å²) in [6, 6.07) is 10.6. The van der Waals surface area contributed by atoms with E-state index < -0.39 is 5.91 Å². The zero-order valence-electron chi connectivity index (χ0n) is 14.7. The quantitative estimate of drug-likeness (QED) is 0.643. The number of aromatic amines is 1. The molecule has 138 valence electrons. The van der Waals surface area contributed by atoms with Crippen LogP contribution in [0.15, 0.2) is 48.7 Å². The standard InChI is InChI=1S/C19H17FN4O3/c1-11(25)22-16-9-14(7-8-17(16)27-2)23-19(26)15-10-21-24-18(15)12-3-5-13(20)6-4-12/h3-10H,1-2H3,(H,21,24)(H,22,25)(H,23,26). The molecule has 0 unspecified atom stereocenters. The molecule has 0 radical (unpaired) electrons. The molecule has 0 bridgehead atoms. The second-order valence-corrected chi connectivity index (χ2v) is 5.72. The number of benzene rings is 2. The number of hydrogen-bond donors (Lipinski definition) is 3.